The highest BCUT2D eigenvalue weighted by Gasteiger charge is 2.41. The van der Waals surface area contributed by atoms with Crippen LogP contribution in [0.25, 0.3) is 10.2 Å². The Balaban J connectivity index is 1.91. The Bertz CT molecular complexity index is 728. The number of carboxylic acids is 1. The maximum atomic E-state index is 12.2. The predicted molar refractivity (Wildman–Crippen MR) is 77.4 cm³/mol. The molecule has 5 nitrogen and oxygen atoms in total. The van der Waals surface area contributed by atoms with Gasteiger partial charge >= 0.3 is 5.97 Å². The number of hydrogen-bond donors (Lipinski definition) is 2. The van der Waals surface area contributed by atoms with Crippen LogP contribution < -0.4 is 5.56 Å². The van der Waals surface area contributed by atoms with Crippen molar-refractivity contribution in [2.45, 2.75) is 44.4 Å². The number of fused-ring (bicyclic) bond motifs is 1. The average Bonchev–Trinajstić information content (AvgIpc) is 2.96. The van der Waals surface area contributed by atoms with Crippen molar-refractivity contribution in [2.24, 2.45) is 0 Å². The van der Waals surface area contributed by atoms with Crippen LogP contribution in [0.3, 0.4) is 0 Å². The van der Waals surface area contributed by atoms with Gasteiger partial charge in [0.1, 0.15) is 10.7 Å². The Morgan fingerprint density at radius 1 is 1.55 bits per heavy atom. The third kappa shape index (κ3) is 2.35. The summed E-state index contributed by atoms with van der Waals surface area (Å²) in [4.78, 5) is 30.8. The summed E-state index contributed by atoms with van der Waals surface area (Å²) in [6, 6.07) is 0. The number of aliphatic carboxylic acids is 1. The molecule has 1 aliphatic rings. The van der Waals surface area contributed by atoms with Crippen LogP contribution in [-0.2, 0) is 16.6 Å². The van der Waals surface area contributed by atoms with Crippen molar-refractivity contribution in [1.82, 2.24) is 9.97 Å². The van der Waals surface area contributed by atoms with E-state index in [1.54, 1.807) is 0 Å². The van der Waals surface area contributed by atoms with Gasteiger partial charge in [0.2, 0.25) is 0 Å². The second-order valence-corrected chi connectivity index (χ2v) is 6.51. The Kier molecular flexibility index (Phi) is 3.12. The number of carboxylic acid groups (broad SMARTS) is 1. The van der Waals surface area contributed by atoms with Crippen molar-refractivity contribution < 1.29 is 9.90 Å². The smallest absolute Gasteiger partial charge is 0.303 e. The highest BCUT2D eigenvalue weighted by molar-refractivity contribution is 7.16. The van der Waals surface area contributed by atoms with E-state index in [0.29, 0.717) is 18.7 Å². The molecule has 2 heterocycles. The van der Waals surface area contributed by atoms with E-state index in [4.69, 9.17) is 5.11 Å². The van der Waals surface area contributed by atoms with E-state index in [0.717, 1.165) is 28.6 Å². The van der Waals surface area contributed by atoms with Crippen molar-refractivity contribution in [3.8, 4) is 0 Å². The van der Waals surface area contributed by atoms with Crippen molar-refractivity contribution >= 4 is 27.5 Å². The van der Waals surface area contributed by atoms with Gasteiger partial charge in [-0.05, 0) is 35.6 Å². The van der Waals surface area contributed by atoms with Gasteiger partial charge in [-0.3, -0.25) is 9.59 Å². The van der Waals surface area contributed by atoms with Crippen LogP contribution in [0, 0.1) is 0 Å². The minimum Gasteiger partial charge on any atom is -0.481 e. The van der Waals surface area contributed by atoms with Crippen LogP contribution in [0.15, 0.2) is 10.2 Å². The molecule has 1 saturated carbocycles. The van der Waals surface area contributed by atoms with Crippen LogP contribution in [-0.4, -0.2) is 21.0 Å². The van der Waals surface area contributed by atoms with Gasteiger partial charge in [0.15, 0.2) is 0 Å². The quantitative estimate of drug-likeness (QED) is 0.886. The summed E-state index contributed by atoms with van der Waals surface area (Å²) in [6.45, 7) is 2.18. The fourth-order valence-corrected chi connectivity index (χ4v) is 3.54. The van der Waals surface area contributed by atoms with Gasteiger partial charge < -0.3 is 10.1 Å². The molecule has 0 aliphatic heterocycles. The normalized spacial score (nSPS) is 16.4. The van der Waals surface area contributed by atoms with Crippen molar-refractivity contribution in [1.29, 1.82) is 0 Å². The second kappa shape index (κ2) is 4.70. The minimum atomic E-state index is -0.825. The Morgan fingerprint density at radius 3 is 2.95 bits per heavy atom. The SMILES string of the molecule is CC1(c2csc3nc(CCCC(=O)O)[nH]c(=O)c23)CC1. The molecule has 0 atom stereocenters. The van der Waals surface area contributed by atoms with Crippen LogP contribution in [0.5, 0.6) is 0 Å². The summed E-state index contributed by atoms with van der Waals surface area (Å²) >= 11 is 1.50. The lowest BCUT2D eigenvalue weighted by Gasteiger charge is -2.06. The highest BCUT2D eigenvalue weighted by Crippen LogP contribution is 2.50. The number of aromatic amines is 1. The van der Waals surface area contributed by atoms with E-state index in [2.05, 4.69) is 16.9 Å². The molecular formula is C14H16N2O3S. The zero-order chi connectivity index (χ0) is 14.3. The molecule has 0 aromatic carbocycles. The molecule has 106 valence electrons. The molecule has 0 saturated heterocycles. The molecular weight excluding hydrogens is 276 g/mol. The largest absolute Gasteiger partial charge is 0.481 e. The molecule has 2 N–H and O–H groups in total. The molecule has 0 bridgehead atoms. The monoisotopic (exact) mass is 292 g/mol. The van der Waals surface area contributed by atoms with Gasteiger partial charge in [0.05, 0.1) is 5.39 Å². The van der Waals surface area contributed by atoms with Crippen LogP contribution in [0.2, 0.25) is 0 Å². The molecule has 1 fully saturated rings. The molecule has 3 rings (SSSR count). The third-order valence-corrected chi connectivity index (χ3v) is 4.82. The molecule has 2 aromatic heterocycles. The van der Waals surface area contributed by atoms with Crippen molar-refractivity contribution in [3.63, 3.8) is 0 Å². The number of nitrogens with one attached hydrogen (secondary N) is 1. The lowest BCUT2D eigenvalue weighted by Crippen LogP contribution is -2.14. The third-order valence-electron chi connectivity index (χ3n) is 3.95. The lowest BCUT2D eigenvalue weighted by atomic mass is 9.99. The summed E-state index contributed by atoms with van der Waals surface area (Å²) in [5, 5.41) is 11.4. The molecule has 0 spiro atoms. The Labute approximate surface area is 119 Å². The molecule has 2 aromatic rings. The lowest BCUT2D eigenvalue weighted by molar-refractivity contribution is -0.137. The van der Waals surface area contributed by atoms with E-state index in [9.17, 15) is 9.59 Å². The summed E-state index contributed by atoms with van der Waals surface area (Å²) in [5.41, 5.74) is 1.17. The van der Waals surface area contributed by atoms with Gasteiger partial charge in [0.25, 0.3) is 5.56 Å². The fraction of sp³-hybridized carbons (Fsp3) is 0.500. The van der Waals surface area contributed by atoms with Crippen LogP contribution in [0.4, 0.5) is 0 Å². The van der Waals surface area contributed by atoms with E-state index in [1.807, 2.05) is 5.38 Å². The maximum absolute atomic E-state index is 12.2. The summed E-state index contributed by atoms with van der Waals surface area (Å²) < 4.78 is 0. The number of rotatable bonds is 5. The fourth-order valence-electron chi connectivity index (χ4n) is 2.42. The van der Waals surface area contributed by atoms with Crippen LogP contribution in [0.1, 0.15) is 44.0 Å². The topological polar surface area (TPSA) is 83.0 Å². The first-order chi connectivity index (χ1) is 9.49. The number of nitrogens with zero attached hydrogens (tertiary/aromatic N) is 1. The van der Waals surface area contributed by atoms with E-state index < -0.39 is 5.97 Å². The Morgan fingerprint density at radius 2 is 2.30 bits per heavy atom. The van der Waals surface area contributed by atoms with Gasteiger partial charge in [-0.1, -0.05) is 6.92 Å². The summed E-state index contributed by atoms with van der Waals surface area (Å²) in [6.07, 6.45) is 3.31. The van der Waals surface area contributed by atoms with Crippen molar-refractivity contribution in [2.75, 3.05) is 0 Å². The first-order valence-corrected chi connectivity index (χ1v) is 7.60. The number of carbonyl (C=O) groups is 1. The van der Waals surface area contributed by atoms with Crippen molar-refractivity contribution in [3.05, 3.63) is 27.1 Å². The first-order valence-electron chi connectivity index (χ1n) is 6.72. The Hall–Kier alpha value is -1.69. The second-order valence-electron chi connectivity index (χ2n) is 5.65. The van der Waals surface area contributed by atoms with Gasteiger partial charge in [-0.2, -0.15) is 0 Å². The van der Waals surface area contributed by atoms with Crippen LogP contribution >= 0.6 is 11.3 Å². The number of aryl methyl sites for hydroxylation is 1. The molecule has 1 aliphatic carbocycles. The van der Waals surface area contributed by atoms with Gasteiger partial charge in [-0.15, -0.1) is 11.3 Å². The van der Waals surface area contributed by atoms with E-state index >= 15 is 0 Å². The predicted octanol–water partition coefficient (Wildman–Crippen LogP) is 2.44. The zero-order valence-electron chi connectivity index (χ0n) is 11.2. The average molecular weight is 292 g/mol. The standard InChI is InChI=1S/C14H16N2O3S/c1-14(5-6-14)8-7-20-13-11(8)12(19)15-9(16-13)3-2-4-10(17)18/h7H,2-6H2,1H3,(H,17,18)(H,15,16,19). The molecule has 0 unspecified atom stereocenters. The molecule has 0 amide bonds. The summed E-state index contributed by atoms with van der Waals surface area (Å²) in [5.74, 6) is -0.244. The summed E-state index contributed by atoms with van der Waals surface area (Å²) in [7, 11) is 0. The highest BCUT2D eigenvalue weighted by atomic mass is 32.1. The molecule has 6 heteroatoms. The number of aromatic nitrogens is 2. The molecule has 20 heavy (non-hydrogen) atoms. The maximum Gasteiger partial charge on any atom is 0.303 e. The number of hydrogen-bond acceptors (Lipinski definition) is 4. The molecule has 0 radical (unpaired) electrons. The number of thiophene rings is 1. The van der Waals surface area contributed by atoms with E-state index in [1.165, 1.54) is 11.3 Å². The van der Waals surface area contributed by atoms with E-state index in [-0.39, 0.29) is 17.4 Å². The van der Waals surface area contributed by atoms with Gasteiger partial charge in [0, 0.05) is 12.8 Å². The number of H-pyrrole nitrogens is 1. The van der Waals surface area contributed by atoms with Gasteiger partial charge in [-0.25, -0.2) is 4.98 Å². The minimum absolute atomic E-state index is 0.0928. The first kappa shape index (κ1) is 13.3. The zero-order valence-corrected chi connectivity index (χ0v) is 12.0.